The quantitative estimate of drug-likeness (QED) is 0.358. The zero-order chi connectivity index (χ0) is 20.1. The van der Waals surface area contributed by atoms with Crippen LogP contribution in [0.5, 0.6) is 0 Å². The molecule has 0 saturated carbocycles. The predicted molar refractivity (Wildman–Crippen MR) is 118 cm³/mol. The third-order valence-corrected chi connectivity index (χ3v) is 4.93. The Labute approximate surface area is 170 Å². The molecule has 1 heterocycles. The molecule has 0 spiro atoms. The zero-order valence-electron chi connectivity index (χ0n) is 16.6. The van der Waals surface area contributed by atoms with Crippen molar-refractivity contribution < 1.29 is 0 Å². The van der Waals surface area contributed by atoms with Gasteiger partial charge in [0.15, 0.2) is 11.8 Å². The number of H-pyrrole nitrogens is 1. The van der Waals surface area contributed by atoms with Crippen molar-refractivity contribution in [3.63, 3.8) is 0 Å². The van der Waals surface area contributed by atoms with Crippen molar-refractivity contribution in [1.82, 2.24) is 25.8 Å². The molecule has 0 radical (unpaired) electrons. The number of fused-ring (bicyclic) bond motifs is 1. The van der Waals surface area contributed by atoms with E-state index in [0.717, 1.165) is 22.9 Å². The summed E-state index contributed by atoms with van der Waals surface area (Å²) < 4.78 is 0. The highest BCUT2D eigenvalue weighted by molar-refractivity contribution is 5.84. The summed E-state index contributed by atoms with van der Waals surface area (Å²) in [6.07, 6.45) is 1.51. The second-order valence-electron chi connectivity index (χ2n) is 6.93. The lowest BCUT2D eigenvalue weighted by atomic mass is 10.0. The maximum atomic E-state index is 4.37. The Morgan fingerprint density at radius 1 is 1.03 bits per heavy atom. The van der Waals surface area contributed by atoms with Gasteiger partial charge in [-0.05, 0) is 41.0 Å². The highest BCUT2D eigenvalue weighted by Crippen LogP contribution is 2.20. The summed E-state index contributed by atoms with van der Waals surface area (Å²) in [5.74, 6) is 1.52. The number of nitrogens with zero attached hydrogens (tertiary/aromatic N) is 3. The van der Waals surface area contributed by atoms with Crippen LogP contribution < -0.4 is 10.6 Å². The molecular weight excluding hydrogens is 360 g/mol. The largest absolute Gasteiger partial charge is 0.352 e. The number of rotatable bonds is 5. The minimum atomic E-state index is 0.131. The van der Waals surface area contributed by atoms with Crippen molar-refractivity contribution in [2.24, 2.45) is 4.99 Å². The number of guanidine groups is 1. The summed E-state index contributed by atoms with van der Waals surface area (Å²) >= 11 is 0. The molecule has 1 atom stereocenters. The number of hydrogen-bond donors (Lipinski definition) is 3. The molecule has 0 amide bonds. The van der Waals surface area contributed by atoms with Gasteiger partial charge in [-0.3, -0.25) is 10.1 Å². The molecular formula is C23H24N6. The van der Waals surface area contributed by atoms with E-state index in [4.69, 9.17) is 0 Å². The topological polar surface area (TPSA) is 78.0 Å². The lowest BCUT2D eigenvalue weighted by molar-refractivity contribution is 0.686. The Hall–Kier alpha value is -3.67. The summed E-state index contributed by atoms with van der Waals surface area (Å²) in [4.78, 5) is 8.58. The molecule has 6 heteroatoms. The van der Waals surface area contributed by atoms with E-state index >= 15 is 0 Å². The fourth-order valence-corrected chi connectivity index (χ4v) is 3.32. The van der Waals surface area contributed by atoms with Crippen LogP contribution in [-0.2, 0) is 6.54 Å². The van der Waals surface area contributed by atoms with Gasteiger partial charge >= 0.3 is 0 Å². The van der Waals surface area contributed by atoms with Gasteiger partial charge in [-0.15, -0.1) is 0 Å². The molecule has 3 aromatic carbocycles. The molecule has 1 unspecified atom stereocenters. The minimum absolute atomic E-state index is 0.131. The Morgan fingerprint density at radius 2 is 1.90 bits per heavy atom. The zero-order valence-corrected chi connectivity index (χ0v) is 16.6. The van der Waals surface area contributed by atoms with Crippen LogP contribution in [0.15, 0.2) is 78.0 Å². The SMILES string of the molecule is CN=C(NCc1cccc(-c2ncn[nH]2)c1)NC(C)c1ccc2ccccc2c1. The van der Waals surface area contributed by atoms with Crippen LogP contribution in [0.2, 0.25) is 0 Å². The molecule has 146 valence electrons. The number of aliphatic imine (C=N–C) groups is 1. The molecule has 29 heavy (non-hydrogen) atoms. The lowest BCUT2D eigenvalue weighted by Crippen LogP contribution is -2.38. The number of aromatic nitrogens is 3. The van der Waals surface area contributed by atoms with Crippen molar-refractivity contribution in [2.45, 2.75) is 19.5 Å². The smallest absolute Gasteiger partial charge is 0.191 e. The maximum absolute atomic E-state index is 4.37. The number of aromatic amines is 1. The molecule has 0 aliphatic heterocycles. The van der Waals surface area contributed by atoms with E-state index in [2.05, 4.69) is 92.3 Å². The minimum Gasteiger partial charge on any atom is -0.352 e. The lowest BCUT2D eigenvalue weighted by Gasteiger charge is -2.19. The molecule has 3 N–H and O–H groups in total. The first kappa shape index (κ1) is 18.7. The Bertz CT molecular complexity index is 1120. The Balaban J connectivity index is 1.41. The Kier molecular flexibility index (Phi) is 5.52. The van der Waals surface area contributed by atoms with Crippen LogP contribution in [0.25, 0.3) is 22.2 Å². The van der Waals surface area contributed by atoms with Crippen molar-refractivity contribution in [2.75, 3.05) is 7.05 Å². The summed E-state index contributed by atoms with van der Waals surface area (Å²) in [7, 11) is 1.79. The van der Waals surface area contributed by atoms with Gasteiger partial charge in [-0.1, -0.05) is 54.6 Å². The van der Waals surface area contributed by atoms with E-state index in [9.17, 15) is 0 Å². The van der Waals surface area contributed by atoms with Crippen LogP contribution in [-0.4, -0.2) is 28.2 Å². The molecule has 0 bridgehead atoms. The summed E-state index contributed by atoms with van der Waals surface area (Å²) in [5, 5.41) is 16.2. The van der Waals surface area contributed by atoms with Gasteiger partial charge in [0, 0.05) is 19.2 Å². The second-order valence-corrected chi connectivity index (χ2v) is 6.93. The first-order chi connectivity index (χ1) is 14.2. The maximum Gasteiger partial charge on any atom is 0.191 e. The van der Waals surface area contributed by atoms with Gasteiger partial charge < -0.3 is 10.6 Å². The van der Waals surface area contributed by atoms with Gasteiger partial charge in [0.05, 0.1) is 6.04 Å². The average molecular weight is 384 g/mol. The summed E-state index contributed by atoms with van der Waals surface area (Å²) in [6.45, 7) is 2.80. The fourth-order valence-electron chi connectivity index (χ4n) is 3.32. The highest BCUT2D eigenvalue weighted by Gasteiger charge is 2.09. The third-order valence-electron chi connectivity index (χ3n) is 4.93. The molecule has 0 fully saturated rings. The van der Waals surface area contributed by atoms with Crippen LogP contribution in [0, 0.1) is 0 Å². The van der Waals surface area contributed by atoms with E-state index in [1.54, 1.807) is 7.05 Å². The van der Waals surface area contributed by atoms with Crippen LogP contribution in [0.3, 0.4) is 0 Å². The van der Waals surface area contributed by atoms with Crippen LogP contribution in [0.1, 0.15) is 24.1 Å². The summed E-state index contributed by atoms with van der Waals surface area (Å²) in [6, 6.07) is 23.3. The van der Waals surface area contributed by atoms with Gasteiger partial charge in [0.25, 0.3) is 0 Å². The molecule has 0 aliphatic rings. The van der Waals surface area contributed by atoms with Gasteiger partial charge in [-0.25, -0.2) is 4.98 Å². The number of nitrogens with one attached hydrogen (secondary N) is 3. The second kappa shape index (κ2) is 8.56. The van der Waals surface area contributed by atoms with E-state index in [1.807, 2.05) is 12.1 Å². The summed E-state index contributed by atoms with van der Waals surface area (Å²) in [5.41, 5.74) is 3.37. The number of hydrogen-bond acceptors (Lipinski definition) is 3. The number of benzene rings is 3. The van der Waals surface area contributed by atoms with E-state index < -0.39 is 0 Å². The normalized spacial score (nSPS) is 12.7. The highest BCUT2D eigenvalue weighted by atomic mass is 15.2. The molecule has 4 aromatic rings. The van der Waals surface area contributed by atoms with E-state index in [1.165, 1.54) is 22.7 Å². The standard InChI is InChI=1S/C23H24N6/c1-16(19-11-10-18-7-3-4-8-20(18)13-19)28-23(24-2)25-14-17-6-5-9-21(12-17)22-26-15-27-29-22/h3-13,15-16H,14H2,1-2H3,(H2,24,25,28)(H,26,27,29). The van der Waals surface area contributed by atoms with Crippen molar-refractivity contribution in [3.8, 4) is 11.4 Å². The van der Waals surface area contributed by atoms with Gasteiger partial charge in [-0.2, -0.15) is 5.10 Å². The Morgan fingerprint density at radius 3 is 2.69 bits per heavy atom. The first-order valence-electron chi connectivity index (χ1n) is 9.63. The predicted octanol–water partition coefficient (Wildman–Crippen LogP) is 4.05. The van der Waals surface area contributed by atoms with Crippen molar-refractivity contribution in [3.05, 3.63) is 84.2 Å². The average Bonchev–Trinajstić information content (AvgIpc) is 3.31. The molecule has 1 aromatic heterocycles. The van der Waals surface area contributed by atoms with E-state index in [0.29, 0.717) is 6.54 Å². The fraction of sp³-hybridized carbons (Fsp3) is 0.174. The van der Waals surface area contributed by atoms with Gasteiger partial charge in [0.2, 0.25) is 0 Å². The molecule has 6 nitrogen and oxygen atoms in total. The van der Waals surface area contributed by atoms with Crippen molar-refractivity contribution >= 4 is 16.7 Å². The van der Waals surface area contributed by atoms with Gasteiger partial charge in [0.1, 0.15) is 6.33 Å². The molecule has 0 saturated heterocycles. The van der Waals surface area contributed by atoms with Crippen LogP contribution in [0.4, 0.5) is 0 Å². The monoisotopic (exact) mass is 384 g/mol. The molecule has 0 aliphatic carbocycles. The van der Waals surface area contributed by atoms with E-state index in [-0.39, 0.29) is 6.04 Å². The first-order valence-corrected chi connectivity index (χ1v) is 9.63. The third kappa shape index (κ3) is 4.43. The van der Waals surface area contributed by atoms with Crippen molar-refractivity contribution in [1.29, 1.82) is 0 Å². The van der Waals surface area contributed by atoms with Crippen LogP contribution >= 0.6 is 0 Å². The molecule has 4 rings (SSSR count).